The molecular weight excluding hydrogens is 451 g/mol. The summed E-state index contributed by atoms with van der Waals surface area (Å²) < 4.78 is 11.5. The van der Waals surface area contributed by atoms with E-state index in [0.29, 0.717) is 18.8 Å². The van der Waals surface area contributed by atoms with Gasteiger partial charge in [0.2, 0.25) is 0 Å². The van der Waals surface area contributed by atoms with Crippen molar-refractivity contribution in [1.82, 2.24) is 5.32 Å². The Morgan fingerprint density at radius 1 is 1.16 bits per heavy atom. The highest BCUT2D eigenvalue weighted by atomic mass is 127. The number of nitrogens with one attached hydrogen (secondary N) is 2. The van der Waals surface area contributed by atoms with Gasteiger partial charge in [0, 0.05) is 21.9 Å². The van der Waals surface area contributed by atoms with E-state index in [0.717, 1.165) is 20.6 Å². The van der Waals surface area contributed by atoms with E-state index in [2.05, 4.69) is 33.2 Å². The number of methoxy groups -OCH3 is 1. The second-order valence-electron chi connectivity index (χ2n) is 5.24. The van der Waals surface area contributed by atoms with Crippen molar-refractivity contribution in [2.45, 2.75) is 6.92 Å². The molecule has 0 bridgehead atoms. The molecule has 0 radical (unpaired) electrons. The van der Waals surface area contributed by atoms with Crippen LogP contribution in [0.15, 0.2) is 42.5 Å². The standard InChI is InChI=1S/C18H19IN2O3S/c1-12-3-4-13(11-16(12)19)17(22)21-18(25)20-14-5-7-15(8-6-14)24-10-9-23-2/h3-8,11H,9-10H2,1-2H3,(H2,20,21,22,25). The van der Waals surface area contributed by atoms with Crippen LogP contribution in [0.3, 0.4) is 0 Å². The Kier molecular flexibility index (Phi) is 7.60. The summed E-state index contributed by atoms with van der Waals surface area (Å²) in [5, 5.41) is 5.90. The van der Waals surface area contributed by atoms with Crippen LogP contribution in [0.1, 0.15) is 15.9 Å². The second kappa shape index (κ2) is 9.69. The van der Waals surface area contributed by atoms with Crippen LogP contribution in [0.4, 0.5) is 5.69 Å². The fourth-order valence-electron chi connectivity index (χ4n) is 1.95. The van der Waals surface area contributed by atoms with Gasteiger partial charge in [-0.2, -0.15) is 0 Å². The van der Waals surface area contributed by atoms with Crippen LogP contribution < -0.4 is 15.4 Å². The summed E-state index contributed by atoms with van der Waals surface area (Å²) in [5.74, 6) is 0.502. The van der Waals surface area contributed by atoms with E-state index in [4.69, 9.17) is 21.7 Å². The lowest BCUT2D eigenvalue weighted by Gasteiger charge is -2.11. The summed E-state index contributed by atoms with van der Waals surface area (Å²) in [5.41, 5.74) is 2.47. The number of aryl methyl sites for hydroxylation is 1. The Morgan fingerprint density at radius 3 is 2.52 bits per heavy atom. The zero-order valence-electron chi connectivity index (χ0n) is 14.0. The summed E-state index contributed by atoms with van der Waals surface area (Å²) in [4.78, 5) is 12.2. The molecule has 2 rings (SSSR count). The highest BCUT2D eigenvalue weighted by molar-refractivity contribution is 14.1. The molecule has 0 aliphatic rings. The molecule has 0 fully saturated rings. The fraction of sp³-hybridized carbons (Fsp3) is 0.222. The largest absolute Gasteiger partial charge is 0.491 e. The smallest absolute Gasteiger partial charge is 0.257 e. The monoisotopic (exact) mass is 470 g/mol. The molecule has 2 aromatic carbocycles. The molecule has 0 saturated heterocycles. The molecule has 0 atom stereocenters. The van der Waals surface area contributed by atoms with Crippen LogP contribution in [0.2, 0.25) is 0 Å². The molecule has 1 amide bonds. The van der Waals surface area contributed by atoms with Gasteiger partial charge in [-0.05, 0) is 83.7 Å². The minimum Gasteiger partial charge on any atom is -0.491 e. The van der Waals surface area contributed by atoms with E-state index in [-0.39, 0.29) is 11.0 Å². The number of hydrogen-bond donors (Lipinski definition) is 2. The summed E-state index contributed by atoms with van der Waals surface area (Å²) in [6.45, 7) is 3.03. The van der Waals surface area contributed by atoms with Crippen molar-refractivity contribution in [3.8, 4) is 5.75 Å². The van der Waals surface area contributed by atoms with Crippen molar-refractivity contribution in [2.24, 2.45) is 0 Å². The third kappa shape index (κ3) is 6.26. The number of carbonyl (C=O) groups excluding carboxylic acids is 1. The molecule has 2 N–H and O–H groups in total. The predicted octanol–water partition coefficient (Wildman–Crippen LogP) is 3.75. The van der Waals surface area contributed by atoms with Crippen LogP contribution in [0.25, 0.3) is 0 Å². The van der Waals surface area contributed by atoms with Gasteiger partial charge in [-0.25, -0.2) is 0 Å². The predicted molar refractivity (Wildman–Crippen MR) is 111 cm³/mol. The molecular formula is C18H19IN2O3S. The Hall–Kier alpha value is -1.71. The van der Waals surface area contributed by atoms with Crippen molar-refractivity contribution in [3.05, 3.63) is 57.2 Å². The van der Waals surface area contributed by atoms with Gasteiger partial charge in [0.25, 0.3) is 5.91 Å². The lowest BCUT2D eigenvalue weighted by Crippen LogP contribution is -2.34. The van der Waals surface area contributed by atoms with Crippen LogP contribution in [-0.4, -0.2) is 31.3 Å². The Morgan fingerprint density at radius 2 is 1.88 bits per heavy atom. The molecule has 7 heteroatoms. The van der Waals surface area contributed by atoms with Crippen molar-refractivity contribution in [3.63, 3.8) is 0 Å². The molecule has 0 saturated carbocycles. The van der Waals surface area contributed by atoms with Crippen LogP contribution >= 0.6 is 34.8 Å². The van der Waals surface area contributed by atoms with Gasteiger partial charge in [-0.3, -0.25) is 10.1 Å². The summed E-state index contributed by atoms with van der Waals surface area (Å²) >= 11 is 7.40. The number of benzene rings is 2. The molecule has 132 valence electrons. The maximum atomic E-state index is 12.2. The number of rotatable bonds is 6. The number of amides is 1. The molecule has 0 heterocycles. The van der Waals surface area contributed by atoms with Crippen LogP contribution in [-0.2, 0) is 4.74 Å². The fourth-order valence-corrected chi connectivity index (χ4v) is 2.67. The highest BCUT2D eigenvalue weighted by Gasteiger charge is 2.09. The SMILES string of the molecule is COCCOc1ccc(NC(=S)NC(=O)c2ccc(C)c(I)c2)cc1. The second-order valence-corrected chi connectivity index (χ2v) is 6.81. The van der Waals surface area contributed by atoms with Gasteiger partial charge >= 0.3 is 0 Å². The summed E-state index contributed by atoms with van der Waals surface area (Å²) in [7, 11) is 1.63. The first kappa shape index (κ1) is 19.6. The molecule has 0 aliphatic heterocycles. The first-order chi connectivity index (χ1) is 12.0. The Balaban J connectivity index is 1.88. The molecule has 5 nitrogen and oxygen atoms in total. The maximum Gasteiger partial charge on any atom is 0.257 e. The quantitative estimate of drug-likeness (QED) is 0.383. The maximum absolute atomic E-state index is 12.2. The van der Waals surface area contributed by atoms with E-state index >= 15 is 0 Å². The molecule has 2 aromatic rings. The van der Waals surface area contributed by atoms with Gasteiger partial charge in [0.05, 0.1) is 6.61 Å². The number of halogens is 1. The van der Waals surface area contributed by atoms with Gasteiger partial charge in [-0.15, -0.1) is 0 Å². The highest BCUT2D eigenvalue weighted by Crippen LogP contribution is 2.16. The third-order valence-corrected chi connectivity index (χ3v) is 4.70. The van der Waals surface area contributed by atoms with Crippen molar-refractivity contribution in [1.29, 1.82) is 0 Å². The summed E-state index contributed by atoms with van der Waals surface area (Å²) in [6.07, 6.45) is 0. The minimum absolute atomic E-state index is 0.241. The van der Waals surface area contributed by atoms with Crippen molar-refractivity contribution < 1.29 is 14.3 Å². The Labute approximate surface area is 166 Å². The Bertz CT molecular complexity index is 750. The van der Waals surface area contributed by atoms with Crippen LogP contribution in [0, 0.1) is 10.5 Å². The van der Waals surface area contributed by atoms with Gasteiger partial charge in [0.15, 0.2) is 5.11 Å². The average Bonchev–Trinajstić information content (AvgIpc) is 2.59. The van der Waals surface area contributed by atoms with Crippen molar-refractivity contribution >= 4 is 51.5 Å². The lowest BCUT2D eigenvalue weighted by molar-refractivity contribution is 0.0977. The first-order valence-corrected chi connectivity index (χ1v) is 9.08. The van der Waals surface area contributed by atoms with Crippen molar-refractivity contribution in [2.75, 3.05) is 25.6 Å². The topological polar surface area (TPSA) is 59.6 Å². The van der Waals surface area contributed by atoms with Gasteiger partial charge < -0.3 is 14.8 Å². The normalized spacial score (nSPS) is 10.2. The molecule has 0 aromatic heterocycles. The molecule has 0 aliphatic carbocycles. The summed E-state index contributed by atoms with van der Waals surface area (Å²) in [6, 6.07) is 12.8. The zero-order chi connectivity index (χ0) is 18.2. The minimum atomic E-state index is -0.241. The number of carbonyl (C=O) groups is 1. The number of thiocarbonyl (C=S) groups is 1. The molecule has 25 heavy (non-hydrogen) atoms. The average molecular weight is 470 g/mol. The lowest BCUT2D eigenvalue weighted by atomic mass is 10.1. The number of hydrogen-bond acceptors (Lipinski definition) is 4. The number of anilines is 1. The first-order valence-electron chi connectivity index (χ1n) is 7.60. The zero-order valence-corrected chi connectivity index (χ0v) is 16.9. The van der Waals surface area contributed by atoms with E-state index in [9.17, 15) is 4.79 Å². The number of ether oxygens (including phenoxy) is 2. The van der Waals surface area contributed by atoms with Gasteiger partial charge in [0.1, 0.15) is 12.4 Å². The van der Waals surface area contributed by atoms with E-state index in [1.165, 1.54) is 0 Å². The van der Waals surface area contributed by atoms with E-state index < -0.39 is 0 Å². The third-order valence-electron chi connectivity index (χ3n) is 3.33. The van der Waals surface area contributed by atoms with Gasteiger partial charge in [-0.1, -0.05) is 6.07 Å². The molecule has 0 spiro atoms. The van der Waals surface area contributed by atoms with Crippen LogP contribution in [0.5, 0.6) is 5.75 Å². The molecule has 0 unspecified atom stereocenters. The van der Waals surface area contributed by atoms with E-state index in [1.807, 2.05) is 43.3 Å². The van der Waals surface area contributed by atoms with E-state index in [1.54, 1.807) is 13.2 Å².